The average Bonchev–Trinajstić information content (AvgIpc) is 2.98. The summed E-state index contributed by atoms with van der Waals surface area (Å²) in [5, 5.41) is 3.19. The van der Waals surface area contributed by atoms with Crippen molar-refractivity contribution in [2.24, 2.45) is 0 Å². The third-order valence-corrected chi connectivity index (χ3v) is 4.51. The maximum atomic E-state index is 12.6. The zero-order chi connectivity index (χ0) is 15.1. The van der Waals surface area contributed by atoms with Crippen LogP contribution >= 0.6 is 0 Å². The van der Waals surface area contributed by atoms with E-state index in [0.29, 0.717) is 6.04 Å². The Morgan fingerprint density at radius 1 is 1.33 bits per heavy atom. The molecule has 1 aliphatic heterocycles. The molecule has 0 aliphatic carbocycles. The third kappa shape index (κ3) is 4.31. The van der Waals surface area contributed by atoms with E-state index < -0.39 is 0 Å². The van der Waals surface area contributed by atoms with Crippen LogP contribution in [0.5, 0.6) is 0 Å². The Morgan fingerprint density at radius 2 is 2.10 bits per heavy atom. The average molecular weight is 288 g/mol. The van der Waals surface area contributed by atoms with Crippen molar-refractivity contribution in [1.82, 2.24) is 10.2 Å². The van der Waals surface area contributed by atoms with Gasteiger partial charge >= 0.3 is 0 Å². The van der Waals surface area contributed by atoms with E-state index in [1.165, 1.54) is 19.4 Å². The van der Waals surface area contributed by atoms with Gasteiger partial charge in [-0.2, -0.15) is 0 Å². The normalized spacial score (nSPS) is 20.4. The van der Waals surface area contributed by atoms with E-state index >= 15 is 0 Å². The van der Waals surface area contributed by atoms with Gasteiger partial charge in [0.05, 0.1) is 5.92 Å². The minimum atomic E-state index is -0.00678. The number of benzene rings is 1. The Labute approximate surface area is 128 Å². The monoisotopic (exact) mass is 288 g/mol. The van der Waals surface area contributed by atoms with Crippen molar-refractivity contribution in [3.8, 4) is 0 Å². The lowest BCUT2D eigenvalue weighted by molar-refractivity contribution is -0.122. The molecule has 0 saturated carbocycles. The molecule has 0 bridgehead atoms. The molecule has 1 aromatic rings. The topological polar surface area (TPSA) is 32.3 Å². The van der Waals surface area contributed by atoms with Gasteiger partial charge in [-0.1, -0.05) is 50.6 Å². The van der Waals surface area contributed by atoms with Crippen LogP contribution in [0.1, 0.15) is 51.0 Å². The number of carbonyl (C=O) groups excluding carboxylic acids is 1. The van der Waals surface area contributed by atoms with Gasteiger partial charge in [-0.25, -0.2) is 0 Å². The Morgan fingerprint density at radius 3 is 2.76 bits per heavy atom. The molecule has 2 rings (SSSR count). The predicted molar refractivity (Wildman–Crippen MR) is 87.4 cm³/mol. The highest BCUT2D eigenvalue weighted by molar-refractivity contribution is 5.83. The molecule has 1 N–H and O–H groups in total. The Balaban J connectivity index is 1.93. The van der Waals surface area contributed by atoms with Gasteiger partial charge in [-0.05, 0) is 37.9 Å². The minimum Gasteiger partial charge on any atom is -0.354 e. The molecule has 2 atom stereocenters. The molecule has 1 amide bonds. The standard InChI is InChI=1S/C18H28N2O/c1-3-9-17(15-10-6-5-7-11-15)18(21)19-14-16-12-8-13-20(16)4-2/h5-7,10-11,16-17H,3-4,8-9,12-14H2,1-2H3,(H,19,21)/t16-,17-/m0/s1. The van der Waals surface area contributed by atoms with E-state index in [1.807, 2.05) is 18.2 Å². The lowest BCUT2D eigenvalue weighted by Crippen LogP contribution is -2.41. The summed E-state index contributed by atoms with van der Waals surface area (Å²) in [5.74, 6) is 0.179. The first kappa shape index (κ1) is 16.0. The number of likely N-dealkylation sites (N-methyl/N-ethyl adjacent to an activating group) is 1. The van der Waals surface area contributed by atoms with Crippen LogP contribution in [0.15, 0.2) is 30.3 Å². The number of amides is 1. The molecule has 0 aromatic heterocycles. The van der Waals surface area contributed by atoms with E-state index in [0.717, 1.165) is 31.5 Å². The highest BCUT2D eigenvalue weighted by atomic mass is 16.1. The van der Waals surface area contributed by atoms with Crippen LogP contribution in [0.4, 0.5) is 0 Å². The zero-order valence-corrected chi connectivity index (χ0v) is 13.3. The molecule has 1 fully saturated rings. The molecule has 3 heteroatoms. The van der Waals surface area contributed by atoms with E-state index in [9.17, 15) is 4.79 Å². The number of hydrogen-bond donors (Lipinski definition) is 1. The van der Waals surface area contributed by atoms with E-state index in [4.69, 9.17) is 0 Å². The number of nitrogens with one attached hydrogen (secondary N) is 1. The summed E-state index contributed by atoms with van der Waals surface area (Å²) in [6, 6.07) is 10.7. The van der Waals surface area contributed by atoms with Crippen LogP contribution < -0.4 is 5.32 Å². The second-order valence-corrected chi connectivity index (χ2v) is 5.92. The molecule has 116 valence electrons. The first-order valence-corrected chi connectivity index (χ1v) is 8.33. The maximum absolute atomic E-state index is 12.6. The minimum absolute atomic E-state index is 0.00678. The molecular weight excluding hydrogens is 260 g/mol. The number of carbonyl (C=O) groups is 1. The lowest BCUT2D eigenvalue weighted by Gasteiger charge is -2.24. The van der Waals surface area contributed by atoms with Gasteiger partial charge < -0.3 is 5.32 Å². The van der Waals surface area contributed by atoms with Crippen LogP contribution in [-0.2, 0) is 4.79 Å². The summed E-state index contributed by atoms with van der Waals surface area (Å²) in [6.45, 7) is 7.38. The number of hydrogen-bond acceptors (Lipinski definition) is 2. The Bertz CT molecular complexity index is 432. The summed E-state index contributed by atoms with van der Waals surface area (Å²) in [6.07, 6.45) is 4.40. The predicted octanol–water partition coefficient (Wildman–Crippen LogP) is 3.17. The van der Waals surface area contributed by atoms with Gasteiger partial charge in [0.15, 0.2) is 0 Å². The van der Waals surface area contributed by atoms with Crippen LogP contribution in [0.3, 0.4) is 0 Å². The molecule has 0 spiro atoms. The molecule has 0 unspecified atom stereocenters. The Hall–Kier alpha value is -1.35. The molecular formula is C18H28N2O. The van der Waals surface area contributed by atoms with Gasteiger partial charge in [-0.3, -0.25) is 9.69 Å². The second kappa shape index (κ2) is 8.18. The first-order chi connectivity index (χ1) is 10.3. The highest BCUT2D eigenvalue weighted by Gasteiger charge is 2.25. The summed E-state index contributed by atoms with van der Waals surface area (Å²) in [5.41, 5.74) is 1.13. The summed E-state index contributed by atoms with van der Waals surface area (Å²) < 4.78 is 0. The van der Waals surface area contributed by atoms with Crippen molar-refractivity contribution in [1.29, 1.82) is 0 Å². The molecule has 3 nitrogen and oxygen atoms in total. The van der Waals surface area contributed by atoms with Crippen molar-refractivity contribution in [3.63, 3.8) is 0 Å². The van der Waals surface area contributed by atoms with E-state index in [-0.39, 0.29) is 11.8 Å². The van der Waals surface area contributed by atoms with E-state index in [2.05, 4.69) is 36.2 Å². The van der Waals surface area contributed by atoms with Crippen molar-refractivity contribution in [3.05, 3.63) is 35.9 Å². The largest absolute Gasteiger partial charge is 0.354 e. The van der Waals surface area contributed by atoms with Crippen molar-refractivity contribution in [2.75, 3.05) is 19.6 Å². The molecule has 1 aromatic carbocycles. The van der Waals surface area contributed by atoms with Crippen molar-refractivity contribution < 1.29 is 4.79 Å². The van der Waals surface area contributed by atoms with E-state index in [1.54, 1.807) is 0 Å². The fourth-order valence-corrected chi connectivity index (χ4v) is 3.31. The number of nitrogens with zero attached hydrogens (tertiary/aromatic N) is 1. The quantitative estimate of drug-likeness (QED) is 0.836. The first-order valence-electron chi connectivity index (χ1n) is 8.33. The van der Waals surface area contributed by atoms with Crippen LogP contribution in [0.2, 0.25) is 0 Å². The third-order valence-electron chi connectivity index (χ3n) is 4.51. The van der Waals surface area contributed by atoms with Gasteiger partial charge in [0.2, 0.25) is 5.91 Å². The van der Waals surface area contributed by atoms with Crippen molar-refractivity contribution in [2.45, 2.75) is 51.5 Å². The lowest BCUT2D eigenvalue weighted by atomic mass is 9.93. The SMILES string of the molecule is CCC[C@H](C(=O)NC[C@@H]1CCCN1CC)c1ccccc1. The summed E-state index contributed by atoms with van der Waals surface area (Å²) in [4.78, 5) is 15.0. The van der Waals surface area contributed by atoms with Gasteiger partial charge in [0, 0.05) is 12.6 Å². The molecule has 1 heterocycles. The molecule has 1 aliphatic rings. The molecule has 0 radical (unpaired) electrons. The highest BCUT2D eigenvalue weighted by Crippen LogP contribution is 2.22. The van der Waals surface area contributed by atoms with Crippen molar-refractivity contribution >= 4 is 5.91 Å². The van der Waals surface area contributed by atoms with Crippen LogP contribution in [0.25, 0.3) is 0 Å². The Kier molecular flexibility index (Phi) is 6.24. The smallest absolute Gasteiger partial charge is 0.227 e. The summed E-state index contributed by atoms with van der Waals surface area (Å²) in [7, 11) is 0. The zero-order valence-electron chi connectivity index (χ0n) is 13.3. The second-order valence-electron chi connectivity index (χ2n) is 5.92. The number of likely N-dealkylation sites (tertiary alicyclic amines) is 1. The fraction of sp³-hybridized carbons (Fsp3) is 0.611. The van der Waals surface area contributed by atoms with Crippen LogP contribution in [-0.4, -0.2) is 36.5 Å². The van der Waals surface area contributed by atoms with Gasteiger partial charge in [0.25, 0.3) is 0 Å². The van der Waals surface area contributed by atoms with Gasteiger partial charge in [0.1, 0.15) is 0 Å². The number of rotatable bonds is 7. The van der Waals surface area contributed by atoms with Crippen LogP contribution in [0, 0.1) is 0 Å². The van der Waals surface area contributed by atoms with Gasteiger partial charge in [-0.15, -0.1) is 0 Å². The maximum Gasteiger partial charge on any atom is 0.227 e. The summed E-state index contributed by atoms with van der Waals surface area (Å²) >= 11 is 0. The fourth-order valence-electron chi connectivity index (χ4n) is 3.31. The molecule has 21 heavy (non-hydrogen) atoms. The molecule has 1 saturated heterocycles.